The number of likely N-dealkylation sites (tertiary alicyclic amines) is 1. The number of halogens is 1. The smallest absolute Gasteiger partial charge is 0.272 e. The first-order chi connectivity index (χ1) is 15.4. The summed E-state index contributed by atoms with van der Waals surface area (Å²) in [5.41, 5.74) is 2.04. The number of carbonyl (C=O) groups excluding carboxylic acids is 2. The third-order valence-electron chi connectivity index (χ3n) is 6.62. The Morgan fingerprint density at radius 2 is 1.97 bits per heavy atom. The highest BCUT2D eigenvalue weighted by Gasteiger charge is 2.42. The van der Waals surface area contributed by atoms with Crippen LogP contribution in [0.25, 0.3) is 0 Å². The zero-order chi connectivity index (χ0) is 22.3. The van der Waals surface area contributed by atoms with Crippen LogP contribution in [-0.4, -0.2) is 57.8 Å². The Hall–Kier alpha value is -2.94. The lowest BCUT2D eigenvalue weighted by Crippen LogP contribution is -2.51. The number of hydrogen-bond acceptors (Lipinski definition) is 5. The standard InChI is InChI=1S/C23H27FN4O4/c1-27-19-12-23(32-13-18(19)21(26-27)22(30)25-16-4-5-16)8-10-28(11-9-23)20(29)14-31-17-6-2-15(24)3-7-17/h2-3,6-7,16H,4-5,8-14H2,1H3,(H,25,30). The third-order valence-corrected chi connectivity index (χ3v) is 6.62. The lowest BCUT2D eigenvalue weighted by atomic mass is 9.83. The van der Waals surface area contributed by atoms with Crippen LogP contribution in [0.2, 0.25) is 0 Å². The van der Waals surface area contributed by atoms with Crippen LogP contribution in [0.4, 0.5) is 4.39 Å². The predicted octanol–water partition coefficient (Wildman–Crippen LogP) is 1.96. The van der Waals surface area contributed by atoms with Crippen molar-refractivity contribution in [1.29, 1.82) is 0 Å². The number of piperidine rings is 1. The summed E-state index contributed by atoms with van der Waals surface area (Å²) in [6.07, 6.45) is 4.17. The number of aromatic nitrogens is 2. The average Bonchev–Trinajstić information content (AvgIpc) is 3.55. The molecule has 0 radical (unpaired) electrons. The highest BCUT2D eigenvalue weighted by molar-refractivity contribution is 5.94. The molecule has 0 unspecified atom stereocenters. The molecule has 1 N–H and O–H groups in total. The van der Waals surface area contributed by atoms with E-state index in [1.165, 1.54) is 24.3 Å². The van der Waals surface area contributed by atoms with Crippen molar-refractivity contribution in [1.82, 2.24) is 20.0 Å². The van der Waals surface area contributed by atoms with Gasteiger partial charge in [-0.2, -0.15) is 5.10 Å². The zero-order valence-corrected chi connectivity index (χ0v) is 18.1. The molecule has 1 aromatic heterocycles. The molecule has 8 nitrogen and oxygen atoms in total. The Morgan fingerprint density at radius 3 is 2.66 bits per heavy atom. The van der Waals surface area contributed by atoms with E-state index in [-0.39, 0.29) is 35.9 Å². The summed E-state index contributed by atoms with van der Waals surface area (Å²) in [6.45, 7) is 1.44. The van der Waals surface area contributed by atoms with Crippen molar-refractivity contribution in [3.63, 3.8) is 0 Å². The van der Waals surface area contributed by atoms with Gasteiger partial charge in [0, 0.05) is 43.9 Å². The summed E-state index contributed by atoms with van der Waals surface area (Å²) in [5, 5.41) is 7.48. The maximum Gasteiger partial charge on any atom is 0.272 e. The summed E-state index contributed by atoms with van der Waals surface area (Å²) in [7, 11) is 1.87. The van der Waals surface area contributed by atoms with E-state index in [1.807, 2.05) is 7.05 Å². The van der Waals surface area contributed by atoms with Gasteiger partial charge in [0.15, 0.2) is 12.3 Å². The summed E-state index contributed by atoms with van der Waals surface area (Å²) in [6, 6.07) is 5.91. The van der Waals surface area contributed by atoms with Crippen LogP contribution in [0.15, 0.2) is 24.3 Å². The molecule has 1 saturated carbocycles. The quantitative estimate of drug-likeness (QED) is 0.765. The second-order valence-corrected chi connectivity index (χ2v) is 8.92. The molecular formula is C23H27FN4O4. The van der Waals surface area contributed by atoms with E-state index in [9.17, 15) is 14.0 Å². The van der Waals surface area contributed by atoms with Gasteiger partial charge in [-0.25, -0.2) is 4.39 Å². The fraction of sp³-hybridized carbons (Fsp3) is 0.522. The van der Waals surface area contributed by atoms with Crippen LogP contribution in [0.1, 0.15) is 47.4 Å². The minimum atomic E-state index is -0.348. The molecule has 2 fully saturated rings. The van der Waals surface area contributed by atoms with Crippen LogP contribution in [0.5, 0.6) is 5.75 Å². The maximum absolute atomic E-state index is 13.0. The lowest BCUT2D eigenvalue weighted by molar-refractivity contribution is -0.143. The van der Waals surface area contributed by atoms with Gasteiger partial charge < -0.3 is 19.7 Å². The number of aryl methyl sites for hydroxylation is 1. The van der Waals surface area contributed by atoms with Crippen molar-refractivity contribution in [3.05, 3.63) is 47.0 Å². The third kappa shape index (κ3) is 4.21. The second-order valence-electron chi connectivity index (χ2n) is 8.92. The summed E-state index contributed by atoms with van der Waals surface area (Å²) >= 11 is 0. The topological polar surface area (TPSA) is 85.7 Å². The van der Waals surface area contributed by atoms with E-state index in [2.05, 4.69) is 10.4 Å². The molecule has 0 atom stereocenters. The summed E-state index contributed by atoms with van der Waals surface area (Å²) in [5.74, 6) is -0.0930. The molecule has 32 heavy (non-hydrogen) atoms. The first-order valence-corrected chi connectivity index (χ1v) is 11.1. The van der Waals surface area contributed by atoms with Crippen molar-refractivity contribution in [2.75, 3.05) is 19.7 Å². The second kappa shape index (κ2) is 8.20. The molecule has 9 heteroatoms. The van der Waals surface area contributed by atoms with E-state index in [0.717, 1.165) is 24.1 Å². The molecule has 1 saturated heterocycles. The molecule has 3 heterocycles. The normalized spacial score (nSPS) is 19.5. The van der Waals surface area contributed by atoms with Gasteiger partial charge in [-0.1, -0.05) is 0 Å². The molecule has 2 aliphatic heterocycles. The van der Waals surface area contributed by atoms with E-state index in [1.54, 1.807) is 9.58 Å². The van der Waals surface area contributed by atoms with E-state index in [0.29, 0.717) is 50.4 Å². The Kier molecular flexibility index (Phi) is 5.36. The molecule has 2 aromatic rings. The van der Waals surface area contributed by atoms with Crippen molar-refractivity contribution in [3.8, 4) is 5.75 Å². The van der Waals surface area contributed by atoms with Gasteiger partial charge in [-0.05, 0) is 49.9 Å². The largest absolute Gasteiger partial charge is 0.484 e. The van der Waals surface area contributed by atoms with Crippen molar-refractivity contribution >= 4 is 11.8 Å². The minimum absolute atomic E-state index is 0.0785. The number of carbonyl (C=O) groups is 2. The average molecular weight is 442 g/mol. The summed E-state index contributed by atoms with van der Waals surface area (Å²) in [4.78, 5) is 26.9. The first kappa shape index (κ1) is 20.9. The molecule has 1 spiro atoms. The van der Waals surface area contributed by atoms with Gasteiger partial charge in [0.2, 0.25) is 0 Å². The Labute approximate surface area is 185 Å². The molecule has 2 amide bonds. The zero-order valence-electron chi connectivity index (χ0n) is 18.1. The van der Waals surface area contributed by atoms with Crippen LogP contribution in [0, 0.1) is 5.82 Å². The maximum atomic E-state index is 13.0. The van der Waals surface area contributed by atoms with Gasteiger partial charge in [0.05, 0.1) is 12.2 Å². The first-order valence-electron chi connectivity index (χ1n) is 11.1. The van der Waals surface area contributed by atoms with Crippen molar-refractivity contribution < 1.29 is 23.5 Å². The fourth-order valence-corrected chi connectivity index (χ4v) is 4.47. The molecule has 1 aromatic carbocycles. The Bertz CT molecular complexity index is 1020. The monoisotopic (exact) mass is 442 g/mol. The highest BCUT2D eigenvalue weighted by atomic mass is 19.1. The van der Waals surface area contributed by atoms with Gasteiger partial charge in [-0.15, -0.1) is 0 Å². The summed E-state index contributed by atoms with van der Waals surface area (Å²) < 4.78 is 26.6. The molecule has 170 valence electrons. The molecule has 3 aliphatic rings. The minimum Gasteiger partial charge on any atom is -0.484 e. The van der Waals surface area contributed by atoms with Gasteiger partial charge in [-0.3, -0.25) is 14.3 Å². The predicted molar refractivity (Wildman–Crippen MR) is 113 cm³/mol. The number of hydrogen-bond donors (Lipinski definition) is 1. The molecule has 5 rings (SSSR count). The van der Waals surface area contributed by atoms with Gasteiger partial charge in [0.1, 0.15) is 11.6 Å². The molecule has 0 bridgehead atoms. The molecular weight excluding hydrogens is 415 g/mol. The number of nitrogens with one attached hydrogen (secondary N) is 1. The fourth-order valence-electron chi connectivity index (χ4n) is 4.47. The number of nitrogens with zero attached hydrogens (tertiary/aromatic N) is 3. The number of ether oxygens (including phenoxy) is 2. The van der Waals surface area contributed by atoms with Crippen molar-refractivity contribution in [2.24, 2.45) is 7.05 Å². The van der Waals surface area contributed by atoms with Crippen LogP contribution in [0.3, 0.4) is 0 Å². The van der Waals surface area contributed by atoms with Gasteiger partial charge in [0.25, 0.3) is 11.8 Å². The van der Waals surface area contributed by atoms with Crippen molar-refractivity contribution in [2.45, 2.75) is 50.4 Å². The van der Waals surface area contributed by atoms with E-state index in [4.69, 9.17) is 9.47 Å². The van der Waals surface area contributed by atoms with E-state index < -0.39 is 0 Å². The van der Waals surface area contributed by atoms with Gasteiger partial charge >= 0.3 is 0 Å². The number of benzene rings is 1. The SMILES string of the molecule is Cn1nc(C(=O)NC2CC2)c2c1CC1(CCN(C(=O)COc3ccc(F)cc3)CC1)OC2. The number of rotatable bonds is 5. The number of fused-ring (bicyclic) bond motifs is 1. The van der Waals surface area contributed by atoms with E-state index >= 15 is 0 Å². The Balaban J connectivity index is 1.18. The lowest BCUT2D eigenvalue weighted by Gasteiger charge is -2.43. The molecule has 1 aliphatic carbocycles. The van der Waals surface area contributed by atoms with Crippen LogP contribution >= 0.6 is 0 Å². The number of amides is 2. The highest BCUT2D eigenvalue weighted by Crippen LogP contribution is 2.37. The Morgan fingerprint density at radius 1 is 1.25 bits per heavy atom. The van der Waals surface area contributed by atoms with Crippen LogP contribution < -0.4 is 10.1 Å². The van der Waals surface area contributed by atoms with Crippen LogP contribution in [-0.2, 0) is 29.6 Å².